The summed E-state index contributed by atoms with van der Waals surface area (Å²) in [5.74, 6) is 1.27. The molecule has 0 aliphatic carbocycles. The van der Waals surface area contributed by atoms with E-state index in [1.54, 1.807) is 17.7 Å². The lowest BCUT2D eigenvalue weighted by Gasteiger charge is -2.26. The lowest BCUT2D eigenvalue weighted by Crippen LogP contribution is -2.45. The summed E-state index contributed by atoms with van der Waals surface area (Å²) in [6.07, 6.45) is 0. The molecule has 1 aromatic rings. The highest BCUT2D eigenvalue weighted by Gasteiger charge is 2.17. The van der Waals surface area contributed by atoms with E-state index < -0.39 is 0 Å². The van der Waals surface area contributed by atoms with E-state index in [4.69, 9.17) is 4.74 Å². The van der Waals surface area contributed by atoms with Gasteiger partial charge in [0.05, 0.1) is 6.61 Å². The van der Waals surface area contributed by atoms with Gasteiger partial charge >= 0.3 is 0 Å². The van der Waals surface area contributed by atoms with E-state index >= 15 is 0 Å². The topological polar surface area (TPSA) is 43.3 Å². The number of hydrogen-bond donors (Lipinski definition) is 1. The first-order chi connectivity index (χ1) is 7.16. The third-order valence-corrected chi connectivity index (χ3v) is 2.83. The van der Waals surface area contributed by atoms with Crippen molar-refractivity contribution >= 4 is 0 Å². The molecule has 0 radical (unpaired) electrons. The zero-order chi connectivity index (χ0) is 10.8. The molecule has 4 heteroatoms. The third kappa shape index (κ3) is 2.21. The average molecular weight is 208 g/mol. The molecule has 0 bridgehead atoms. The molecule has 82 valence electrons. The van der Waals surface area contributed by atoms with Crippen LogP contribution in [-0.4, -0.2) is 24.3 Å². The predicted molar refractivity (Wildman–Crippen MR) is 58.3 cm³/mol. The molecule has 1 N–H and O–H groups in total. The van der Waals surface area contributed by atoms with Gasteiger partial charge in [-0.15, -0.1) is 0 Å². The number of aromatic nitrogens is 1. The number of nitrogens with zero attached hydrogens (tertiary/aromatic N) is 1. The molecule has 4 nitrogen and oxygen atoms in total. The van der Waals surface area contributed by atoms with Crippen molar-refractivity contribution in [2.24, 2.45) is 13.0 Å². The molecule has 0 amide bonds. The smallest absolute Gasteiger partial charge is 0.254 e. The van der Waals surface area contributed by atoms with Gasteiger partial charge in [0.2, 0.25) is 0 Å². The Kier molecular flexibility index (Phi) is 2.77. The van der Waals surface area contributed by atoms with E-state index in [9.17, 15) is 4.79 Å². The van der Waals surface area contributed by atoms with Crippen LogP contribution in [0.15, 0.2) is 16.9 Å². The van der Waals surface area contributed by atoms with Crippen molar-refractivity contribution in [3.8, 4) is 5.75 Å². The van der Waals surface area contributed by atoms with Gasteiger partial charge in [-0.2, -0.15) is 0 Å². The molecular formula is C11H16N2O2. The summed E-state index contributed by atoms with van der Waals surface area (Å²) in [6, 6.07) is 3.44. The molecule has 2 heterocycles. The van der Waals surface area contributed by atoms with Crippen LogP contribution < -0.4 is 15.6 Å². The van der Waals surface area contributed by atoms with Crippen LogP contribution in [0, 0.1) is 12.8 Å². The lowest BCUT2D eigenvalue weighted by atomic mass is 10.1. The van der Waals surface area contributed by atoms with Gasteiger partial charge in [0.1, 0.15) is 5.75 Å². The summed E-state index contributed by atoms with van der Waals surface area (Å²) in [6.45, 7) is 4.63. The highest BCUT2D eigenvalue weighted by Crippen LogP contribution is 2.12. The van der Waals surface area contributed by atoms with Gasteiger partial charge in [0.15, 0.2) is 0 Å². The maximum atomic E-state index is 11.5. The quantitative estimate of drug-likeness (QED) is 0.776. The summed E-state index contributed by atoms with van der Waals surface area (Å²) in [7, 11) is 1.76. The van der Waals surface area contributed by atoms with Crippen LogP contribution in [0.1, 0.15) is 5.69 Å². The number of ether oxygens (including phenoxy) is 1. The third-order valence-electron chi connectivity index (χ3n) is 2.83. The van der Waals surface area contributed by atoms with E-state index in [2.05, 4.69) is 5.32 Å². The van der Waals surface area contributed by atoms with Crippen LogP contribution in [0.4, 0.5) is 0 Å². The zero-order valence-electron chi connectivity index (χ0n) is 9.12. The van der Waals surface area contributed by atoms with Crippen LogP contribution in [0.25, 0.3) is 0 Å². The summed E-state index contributed by atoms with van der Waals surface area (Å²) in [5, 5.41) is 3.18. The maximum absolute atomic E-state index is 11.5. The molecule has 1 aliphatic heterocycles. The minimum absolute atomic E-state index is 0.0169. The first kappa shape index (κ1) is 10.2. The molecule has 1 aromatic heterocycles. The Morgan fingerprint density at radius 3 is 2.80 bits per heavy atom. The van der Waals surface area contributed by atoms with Crippen LogP contribution in [0.5, 0.6) is 5.75 Å². The normalized spacial score (nSPS) is 16.1. The molecule has 2 rings (SSSR count). The van der Waals surface area contributed by atoms with E-state index in [1.165, 1.54) is 0 Å². The summed E-state index contributed by atoms with van der Waals surface area (Å²) in [4.78, 5) is 11.5. The molecular weight excluding hydrogens is 192 g/mol. The fraction of sp³-hybridized carbons (Fsp3) is 0.545. The van der Waals surface area contributed by atoms with Gasteiger partial charge in [0.25, 0.3) is 5.56 Å². The van der Waals surface area contributed by atoms with E-state index in [1.807, 2.05) is 13.0 Å². The van der Waals surface area contributed by atoms with E-state index in [0.29, 0.717) is 18.3 Å². The average Bonchev–Trinajstić information content (AvgIpc) is 2.11. The predicted octanol–water partition coefficient (Wildman–Crippen LogP) is 0.292. The van der Waals surface area contributed by atoms with Crippen molar-refractivity contribution in [2.75, 3.05) is 19.7 Å². The van der Waals surface area contributed by atoms with E-state index in [0.717, 1.165) is 18.8 Å². The second-order valence-electron chi connectivity index (χ2n) is 4.06. The summed E-state index contributed by atoms with van der Waals surface area (Å²) in [5.41, 5.74) is 0.904. The molecule has 0 saturated carbocycles. The van der Waals surface area contributed by atoms with Crippen LogP contribution >= 0.6 is 0 Å². The van der Waals surface area contributed by atoms with Gasteiger partial charge in [-0.3, -0.25) is 4.79 Å². The van der Waals surface area contributed by atoms with Gasteiger partial charge in [-0.05, 0) is 13.0 Å². The van der Waals surface area contributed by atoms with Crippen molar-refractivity contribution in [3.05, 3.63) is 28.2 Å². The number of hydrogen-bond acceptors (Lipinski definition) is 3. The Morgan fingerprint density at radius 2 is 2.27 bits per heavy atom. The Hall–Kier alpha value is -1.29. The van der Waals surface area contributed by atoms with Gasteiger partial charge in [-0.25, -0.2) is 0 Å². The molecule has 15 heavy (non-hydrogen) atoms. The van der Waals surface area contributed by atoms with E-state index in [-0.39, 0.29) is 5.56 Å². The standard InChI is InChI=1S/C11H16N2O2/c1-8-3-10(4-11(14)13(8)2)15-7-9-5-12-6-9/h3-4,9,12H,5-7H2,1-2H3. The monoisotopic (exact) mass is 208 g/mol. The SMILES string of the molecule is Cc1cc(OCC2CNC2)cc(=O)n1C. The van der Waals surface area contributed by atoms with Crippen LogP contribution in [0.3, 0.4) is 0 Å². The zero-order valence-corrected chi connectivity index (χ0v) is 9.12. The van der Waals surface area contributed by atoms with Crippen molar-refractivity contribution in [3.63, 3.8) is 0 Å². The van der Waals surface area contributed by atoms with Crippen LogP contribution in [-0.2, 0) is 7.05 Å². The van der Waals surface area contributed by atoms with Crippen molar-refractivity contribution in [2.45, 2.75) is 6.92 Å². The molecule has 1 saturated heterocycles. The van der Waals surface area contributed by atoms with Crippen LogP contribution in [0.2, 0.25) is 0 Å². The Bertz CT molecular complexity index is 408. The number of nitrogens with one attached hydrogen (secondary N) is 1. The lowest BCUT2D eigenvalue weighted by molar-refractivity contribution is 0.198. The minimum atomic E-state index is -0.0169. The Balaban J connectivity index is 2.04. The second-order valence-corrected chi connectivity index (χ2v) is 4.06. The molecule has 0 atom stereocenters. The first-order valence-electron chi connectivity index (χ1n) is 5.18. The highest BCUT2D eigenvalue weighted by atomic mass is 16.5. The largest absolute Gasteiger partial charge is 0.493 e. The highest BCUT2D eigenvalue weighted by molar-refractivity contribution is 5.23. The first-order valence-corrected chi connectivity index (χ1v) is 5.18. The number of aryl methyl sites for hydroxylation is 1. The summed E-state index contributed by atoms with van der Waals surface area (Å²) < 4.78 is 7.18. The molecule has 0 unspecified atom stereocenters. The Morgan fingerprint density at radius 1 is 1.53 bits per heavy atom. The van der Waals surface area contributed by atoms with Gasteiger partial charge in [0, 0.05) is 37.8 Å². The fourth-order valence-electron chi connectivity index (χ4n) is 1.50. The Labute approximate surface area is 88.9 Å². The van der Waals surface area contributed by atoms with Crippen molar-refractivity contribution < 1.29 is 4.74 Å². The minimum Gasteiger partial charge on any atom is -0.493 e. The van der Waals surface area contributed by atoms with Crippen molar-refractivity contribution in [1.82, 2.24) is 9.88 Å². The van der Waals surface area contributed by atoms with Gasteiger partial charge < -0.3 is 14.6 Å². The number of pyridine rings is 1. The second kappa shape index (κ2) is 4.06. The maximum Gasteiger partial charge on any atom is 0.254 e. The molecule has 1 aliphatic rings. The van der Waals surface area contributed by atoms with Gasteiger partial charge in [-0.1, -0.05) is 0 Å². The summed E-state index contributed by atoms with van der Waals surface area (Å²) >= 11 is 0. The number of rotatable bonds is 3. The molecule has 0 spiro atoms. The fourth-order valence-corrected chi connectivity index (χ4v) is 1.50. The van der Waals surface area contributed by atoms with Crippen molar-refractivity contribution in [1.29, 1.82) is 0 Å². The molecule has 0 aromatic carbocycles. The molecule has 1 fully saturated rings.